The number of ether oxygens (including phenoxy) is 2. The molecule has 2 heterocycles. The highest BCUT2D eigenvalue weighted by molar-refractivity contribution is 6.31. The van der Waals surface area contributed by atoms with E-state index in [0.717, 1.165) is 40.4 Å². The molecule has 162 valence electrons. The fraction of sp³-hybridized carbons (Fsp3) is 0.192. The summed E-state index contributed by atoms with van der Waals surface area (Å²) in [6, 6.07) is 15.8. The number of hydrogen-bond donors (Lipinski definition) is 0. The summed E-state index contributed by atoms with van der Waals surface area (Å²) in [5, 5.41) is 0.753. The van der Waals surface area contributed by atoms with Crippen LogP contribution in [-0.4, -0.2) is 24.0 Å². The SMILES string of the molecule is Cc1cc2c(c3c1C(=O)/C(=C/c1cccc(F)c1)O3)CN(CCc1ccccc1Cl)CO2. The number of carbonyl (C=O) groups is 1. The maximum Gasteiger partial charge on any atom is 0.232 e. The molecule has 0 fully saturated rings. The number of aryl methyl sites for hydroxylation is 1. The molecule has 0 unspecified atom stereocenters. The summed E-state index contributed by atoms with van der Waals surface area (Å²) in [5.41, 5.74) is 3.86. The number of Topliss-reactive ketones (excluding diaryl/α,β-unsaturated/α-hetero) is 1. The van der Waals surface area contributed by atoms with Crippen LogP contribution in [0.4, 0.5) is 4.39 Å². The third-order valence-corrected chi connectivity index (χ3v) is 6.16. The molecule has 5 rings (SSSR count). The first-order valence-electron chi connectivity index (χ1n) is 10.4. The lowest BCUT2D eigenvalue weighted by Crippen LogP contribution is -2.34. The summed E-state index contributed by atoms with van der Waals surface area (Å²) in [6.07, 6.45) is 2.37. The molecule has 0 bridgehead atoms. The molecule has 6 heteroatoms. The van der Waals surface area contributed by atoms with E-state index in [-0.39, 0.29) is 17.4 Å². The normalized spacial score (nSPS) is 16.5. The molecular formula is C26H21ClFNO3. The Labute approximate surface area is 190 Å². The predicted molar refractivity (Wildman–Crippen MR) is 122 cm³/mol. The van der Waals surface area contributed by atoms with Gasteiger partial charge in [0, 0.05) is 18.1 Å². The van der Waals surface area contributed by atoms with Crippen LogP contribution >= 0.6 is 11.6 Å². The minimum atomic E-state index is -0.363. The molecule has 2 aliphatic heterocycles. The molecule has 0 saturated carbocycles. The number of ketones is 1. The standard InChI is InChI=1S/C26H21ClFNO3/c1-16-11-22-20(14-29(15-31-22)10-9-18-6-2-3-8-21(18)27)26-24(16)25(30)23(32-26)13-17-5-4-7-19(28)12-17/h2-8,11-13H,9-10,14-15H2,1H3/b23-13-. The number of rotatable bonds is 4. The summed E-state index contributed by atoms with van der Waals surface area (Å²) >= 11 is 6.29. The highest BCUT2D eigenvalue weighted by Crippen LogP contribution is 2.44. The number of nitrogens with zero attached hydrogens (tertiary/aromatic N) is 1. The van der Waals surface area contributed by atoms with Crippen LogP contribution in [0.1, 0.15) is 32.6 Å². The Morgan fingerprint density at radius 3 is 2.81 bits per heavy atom. The Morgan fingerprint density at radius 1 is 1.16 bits per heavy atom. The Hall–Kier alpha value is -3.15. The van der Waals surface area contributed by atoms with Crippen molar-refractivity contribution in [2.75, 3.05) is 13.3 Å². The fourth-order valence-electron chi connectivity index (χ4n) is 4.15. The molecule has 0 atom stereocenters. The summed E-state index contributed by atoms with van der Waals surface area (Å²) in [7, 11) is 0. The molecule has 3 aromatic rings. The number of benzene rings is 3. The minimum Gasteiger partial charge on any atom is -0.478 e. The van der Waals surface area contributed by atoms with E-state index in [2.05, 4.69) is 4.90 Å². The Bertz CT molecular complexity index is 1250. The molecule has 0 saturated heterocycles. The largest absolute Gasteiger partial charge is 0.478 e. The zero-order valence-electron chi connectivity index (χ0n) is 17.5. The van der Waals surface area contributed by atoms with Crippen LogP contribution in [0.5, 0.6) is 11.5 Å². The molecule has 0 amide bonds. The van der Waals surface area contributed by atoms with Gasteiger partial charge in [-0.1, -0.05) is 41.9 Å². The van der Waals surface area contributed by atoms with Crippen LogP contribution in [-0.2, 0) is 13.0 Å². The summed E-state index contributed by atoms with van der Waals surface area (Å²) in [6.45, 7) is 3.68. The van der Waals surface area contributed by atoms with Gasteiger partial charge in [-0.2, -0.15) is 0 Å². The highest BCUT2D eigenvalue weighted by atomic mass is 35.5. The van der Waals surface area contributed by atoms with Crippen molar-refractivity contribution in [3.63, 3.8) is 0 Å². The molecule has 4 nitrogen and oxygen atoms in total. The Kier molecular flexibility index (Phi) is 5.45. The average molecular weight is 450 g/mol. The number of fused-ring (bicyclic) bond motifs is 3. The van der Waals surface area contributed by atoms with E-state index in [4.69, 9.17) is 21.1 Å². The van der Waals surface area contributed by atoms with Gasteiger partial charge < -0.3 is 9.47 Å². The summed E-state index contributed by atoms with van der Waals surface area (Å²) in [4.78, 5) is 15.2. The van der Waals surface area contributed by atoms with Gasteiger partial charge in [-0.05, 0) is 60.4 Å². The van der Waals surface area contributed by atoms with Crippen molar-refractivity contribution >= 4 is 23.5 Å². The van der Waals surface area contributed by atoms with E-state index in [0.29, 0.717) is 30.2 Å². The lowest BCUT2D eigenvalue weighted by Gasteiger charge is -2.30. The van der Waals surface area contributed by atoms with Crippen molar-refractivity contribution in [3.8, 4) is 11.5 Å². The smallest absolute Gasteiger partial charge is 0.232 e. The first kappa shape index (κ1) is 20.7. The van der Waals surface area contributed by atoms with Crippen molar-refractivity contribution in [2.24, 2.45) is 0 Å². The van der Waals surface area contributed by atoms with Gasteiger partial charge in [0.1, 0.15) is 24.0 Å². The van der Waals surface area contributed by atoms with E-state index in [9.17, 15) is 9.18 Å². The topological polar surface area (TPSA) is 38.8 Å². The van der Waals surface area contributed by atoms with Gasteiger partial charge in [0.05, 0.1) is 11.1 Å². The maximum absolute atomic E-state index is 13.6. The summed E-state index contributed by atoms with van der Waals surface area (Å²) in [5.74, 6) is 0.900. The van der Waals surface area contributed by atoms with Crippen molar-refractivity contribution < 1.29 is 18.7 Å². The Morgan fingerprint density at radius 2 is 2.00 bits per heavy atom. The van der Waals surface area contributed by atoms with Gasteiger partial charge in [0.15, 0.2) is 5.76 Å². The second-order valence-electron chi connectivity index (χ2n) is 8.04. The second-order valence-corrected chi connectivity index (χ2v) is 8.44. The first-order chi connectivity index (χ1) is 15.5. The van der Waals surface area contributed by atoms with Crippen LogP contribution in [0.2, 0.25) is 5.02 Å². The molecule has 0 aromatic heterocycles. The fourth-order valence-corrected chi connectivity index (χ4v) is 4.38. The average Bonchev–Trinajstić information content (AvgIpc) is 3.10. The van der Waals surface area contributed by atoms with Crippen molar-refractivity contribution in [2.45, 2.75) is 19.9 Å². The van der Waals surface area contributed by atoms with E-state index in [1.54, 1.807) is 18.2 Å². The van der Waals surface area contributed by atoms with E-state index in [1.807, 2.05) is 37.3 Å². The number of carbonyl (C=O) groups excluding carboxylic acids is 1. The third-order valence-electron chi connectivity index (χ3n) is 5.79. The van der Waals surface area contributed by atoms with Gasteiger partial charge in [-0.15, -0.1) is 0 Å². The van der Waals surface area contributed by atoms with Gasteiger partial charge in [-0.3, -0.25) is 9.69 Å². The van der Waals surface area contributed by atoms with Crippen molar-refractivity contribution in [1.29, 1.82) is 0 Å². The van der Waals surface area contributed by atoms with Crippen molar-refractivity contribution in [3.05, 3.63) is 99.0 Å². The molecular weight excluding hydrogens is 429 g/mol. The molecule has 0 radical (unpaired) electrons. The molecule has 0 N–H and O–H groups in total. The van der Waals surface area contributed by atoms with Crippen molar-refractivity contribution in [1.82, 2.24) is 4.90 Å². The summed E-state index contributed by atoms with van der Waals surface area (Å²) < 4.78 is 25.6. The van der Waals surface area contributed by atoms with E-state index < -0.39 is 0 Å². The van der Waals surface area contributed by atoms with Gasteiger partial charge in [0.2, 0.25) is 5.78 Å². The molecule has 32 heavy (non-hydrogen) atoms. The van der Waals surface area contributed by atoms with Crippen LogP contribution in [0, 0.1) is 12.7 Å². The van der Waals surface area contributed by atoms with Gasteiger partial charge >= 0.3 is 0 Å². The quantitative estimate of drug-likeness (QED) is 0.472. The lowest BCUT2D eigenvalue weighted by atomic mass is 9.98. The van der Waals surface area contributed by atoms with Crippen LogP contribution < -0.4 is 9.47 Å². The Balaban J connectivity index is 1.41. The molecule has 0 spiro atoms. The number of halogens is 2. The number of allylic oxidation sites excluding steroid dienone is 1. The second kappa shape index (κ2) is 8.41. The monoisotopic (exact) mass is 449 g/mol. The van der Waals surface area contributed by atoms with Gasteiger partial charge in [-0.25, -0.2) is 4.39 Å². The third kappa shape index (κ3) is 3.90. The van der Waals surface area contributed by atoms with Crippen LogP contribution in [0.3, 0.4) is 0 Å². The zero-order valence-corrected chi connectivity index (χ0v) is 18.3. The molecule has 3 aromatic carbocycles. The van der Waals surface area contributed by atoms with Crippen LogP contribution in [0.25, 0.3) is 6.08 Å². The molecule has 0 aliphatic carbocycles. The highest BCUT2D eigenvalue weighted by Gasteiger charge is 2.35. The van der Waals surface area contributed by atoms with Crippen LogP contribution in [0.15, 0.2) is 60.4 Å². The maximum atomic E-state index is 13.6. The number of hydrogen-bond acceptors (Lipinski definition) is 4. The zero-order chi connectivity index (χ0) is 22.2. The van der Waals surface area contributed by atoms with E-state index >= 15 is 0 Å². The minimum absolute atomic E-state index is 0.190. The lowest BCUT2D eigenvalue weighted by molar-refractivity contribution is 0.0949. The first-order valence-corrected chi connectivity index (χ1v) is 10.8. The predicted octanol–water partition coefficient (Wildman–Crippen LogP) is 5.80. The van der Waals surface area contributed by atoms with Gasteiger partial charge in [0.25, 0.3) is 0 Å². The molecule has 2 aliphatic rings. The van der Waals surface area contributed by atoms with E-state index in [1.165, 1.54) is 12.1 Å².